The summed E-state index contributed by atoms with van der Waals surface area (Å²) in [4.78, 5) is 16.9. The van der Waals surface area contributed by atoms with Crippen LogP contribution in [0, 0.1) is 17.2 Å². The number of sulfone groups is 1. The minimum Gasteiger partial charge on any atom is -0.472 e. The fourth-order valence-electron chi connectivity index (χ4n) is 4.67. The van der Waals surface area contributed by atoms with Crippen molar-refractivity contribution in [2.24, 2.45) is 5.92 Å². The van der Waals surface area contributed by atoms with E-state index in [0.29, 0.717) is 34.9 Å². The molecule has 0 amide bonds. The van der Waals surface area contributed by atoms with E-state index in [1.54, 1.807) is 62.0 Å². The number of pyridine rings is 1. The van der Waals surface area contributed by atoms with Crippen LogP contribution in [0.5, 0.6) is 5.88 Å². The molecule has 4 aromatic rings. The molecule has 1 N–H and O–H groups in total. The number of hydrogen-bond donors (Lipinski definition) is 1. The third-order valence-electron chi connectivity index (χ3n) is 6.87. The molecule has 2 aromatic heterocycles. The molecule has 2 unspecified atom stereocenters. The first-order chi connectivity index (χ1) is 18.6. The van der Waals surface area contributed by atoms with E-state index in [1.807, 2.05) is 30.3 Å². The van der Waals surface area contributed by atoms with Crippen LogP contribution in [0.4, 0.5) is 11.5 Å². The number of ketones is 1. The molecule has 1 aliphatic rings. The molecule has 0 bridgehead atoms. The average Bonchev–Trinajstić information content (AvgIpc) is 3.47. The normalized spacial score (nSPS) is 17.7. The van der Waals surface area contributed by atoms with Gasteiger partial charge in [-0.05, 0) is 56.7 Å². The topological polar surface area (TPSA) is 127 Å². The van der Waals surface area contributed by atoms with E-state index in [9.17, 15) is 18.5 Å². The van der Waals surface area contributed by atoms with Gasteiger partial charge in [-0.3, -0.25) is 9.48 Å². The molecule has 0 spiro atoms. The molecule has 10 heteroatoms. The van der Waals surface area contributed by atoms with E-state index in [0.717, 1.165) is 5.56 Å². The van der Waals surface area contributed by atoms with Crippen molar-refractivity contribution in [1.82, 2.24) is 14.8 Å². The summed E-state index contributed by atoms with van der Waals surface area (Å²) in [5.74, 6) is 0.325. The molecule has 1 fully saturated rings. The number of benzene rings is 2. The molecule has 1 saturated carbocycles. The lowest BCUT2D eigenvalue weighted by molar-refractivity contribution is -0.117. The highest BCUT2D eigenvalue weighted by atomic mass is 32.2. The number of rotatable bonds is 7. The second-order valence-electron chi connectivity index (χ2n) is 10.6. The molecular formula is C29H29N5O4S. The fourth-order valence-corrected chi connectivity index (χ4v) is 5.87. The van der Waals surface area contributed by atoms with Gasteiger partial charge >= 0.3 is 0 Å². The molecular weight excluding hydrogens is 514 g/mol. The van der Waals surface area contributed by atoms with Crippen molar-refractivity contribution in [1.29, 1.82) is 5.26 Å². The van der Waals surface area contributed by atoms with Crippen molar-refractivity contribution in [3.63, 3.8) is 0 Å². The van der Waals surface area contributed by atoms with Gasteiger partial charge in [-0.25, -0.2) is 13.4 Å². The Balaban J connectivity index is 1.55. The van der Waals surface area contributed by atoms with Crippen LogP contribution in [-0.4, -0.2) is 33.7 Å². The van der Waals surface area contributed by atoms with Gasteiger partial charge in [0, 0.05) is 24.7 Å². The maximum Gasteiger partial charge on any atom is 0.227 e. The maximum absolute atomic E-state index is 12.9. The second kappa shape index (κ2) is 10.2. The number of aromatic nitrogens is 3. The monoisotopic (exact) mass is 543 g/mol. The average molecular weight is 544 g/mol. The quantitative estimate of drug-likeness (QED) is 0.330. The highest BCUT2D eigenvalue weighted by Crippen LogP contribution is 2.40. The van der Waals surface area contributed by atoms with Gasteiger partial charge in [-0.2, -0.15) is 10.4 Å². The Kier molecular flexibility index (Phi) is 6.87. The second-order valence-corrected chi connectivity index (χ2v) is 13.3. The maximum atomic E-state index is 12.9. The van der Waals surface area contributed by atoms with Gasteiger partial charge in [-0.1, -0.05) is 30.3 Å². The summed E-state index contributed by atoms with van der Waals surface area (Å²) in [5.41, 5.74) is 2.27. The number of carbonyl (C=O) groups excluding carboxylic acids is 1. The minimum absolute atomic E-state index is 0.0231. The highest BCUT2D eigenvalue weighted by molar-refractivity contribution is 7.92. The standard InChI is InChI=1S/C29H29N5O4S/c1-29(2,3)39(36,37)23-11-9-21(10-12-23)32-27-26-24(34(33-27)25-16-22(35)15-20(25)17-30)13-14-31-28(26)38-18-19-7-5-4-6-8-19/h4-14,20,25H,15-16,18H2,1-3H3,(H,32,33). The summed E-state index contributed by atoms with van der Waals surface area (Å²) in [5, 5.41) is 18.4. The first kappa shape index (κ1) is 26.4. The Bertz CT molecular complexity index is 1670. The summed E-state index contributed by atoms with van der Waals surface area (Å²) in [6.45, 7) is 5.29. The lowest BCUT2D eigenvalue weighted by Gasteiger charge is -2.19. The number of hydrogen-bond acceptors (Lipinski definition) is 8. The number of nitrogens with one attached hydrogen (secondary N) is 1. The SMILES string of the molecule is CC(C)(C)S(=O)(=O)c1ccc(Nc2nn(C3CC(=O)CC3C#N)c3ccnc(OCc4ccccc4)c23)cc1. The Morgan fingerprint density at radius 3 is 2.46 bits per heavy atom. The number of carbonyl (C=O) groups is 1. The first-order valence-electron chi connectivity index (χ1n) is 12.7. The van der Waals surface area contributed by atoms with E-state index in [4.69, 9.17) is 9.84 Å². The predicted molar refractivity (Wildman–Crippen MR) is 147 cm³/mol. The van der Waals surface area contributed by atoms with Gasteiger partial charge in [0.05, 0.1) is 33.2 Å². The van der Waals surface area contributed by atoms with Crippen molar-refractivity contribution in [2.45, 2.75) is 55.9 Å². The zero-order valence-electron chi connectivity index (χ0n) is 22.0. The van der Waals surface area contributed by atoms with E-state index in [2.05, 4.69) is 16.4 Å². The number of nitrogens with zero attached hydrogens (tertiary/aromatic N) is 4. The smallest absolute Gasteiger partial charge is 0.227 e. The van der Waals surface area contributed by atoms with E-state index in [1.165, 1.54) is 0 Å². The van der Waals surface area contributed by atoms with Crippen LogP contribution in [0.15, 0.2) is 71.8 Å². The predicted octanol–water partition coefficient (Wildman–Crippen LogP) is 5.37. The minimum atomic E-state index is -3.50. The zero-order chi connectivity index (χ0) is 27.8. The largest absolute Gasteiger partial charge is 0.472 e. The molecule has 2 heterocycles. The first-order valence-corrected chi connectivity index (χ1v) is 14.1. The number of nitriles is 1. The van der Waals surface area contributed by atoms with Crippen LogP contribution >= 0.6 is 0 Å². The number of Topliss-reactive ketones (excluding diaryl/α,β-unsaturated/α-hetero) is 1. The van der Waals surface area contributed by atoms with Crippen molar-refractivity contribution in [3.8, 4) is 11.9 Å². The van der Waals surface area contributed by atoms with Crippen LogP contribution in [0.2, 0.25) is 0 Å². The van der Waals surface area contributed by atoms with Gasteiger partial charge in [0.2, 0.25) is 5.88 Å². The molecule has 200 valence electrons. The lowest BCUT2D eigenvalue weighted by atomic mass is 10.1. The van der Waals surface area contributed by atoms with Crippen LogP contribution < -0.4 is 10.1 Å². The van der Waals surface area contributed by atoms with Gasteiger partial charge in [0.15, 0.2) is 15.7 Å². The summed E-state index contributed by atoms with van der Waals surface area (Å²) in [7, 11) is -3.50. The molecule has 9 nitrogen and oxygen atoms in total. The Hall–Kier alpha value is -4.23. The number of fused-ring (bicyclic) bond motifs is 1. The lowest BCUT2D eigenvalue weighted by Crippen LogP contribution is -2.27. The fraction of sp³-hybridized carbons (Fsp3) is 0.310. The molecule has 2 aromatic carbocycles. The summed E-state index contributed by atoms with van der Waals surface area (Å²) < 4.78 is 32.6. The van der Waals surface area contributed by atoms with Crippen LogP contribution in [0.3, 0.4) is 0 Å². The third kappa shape index (κ3) is 5.10. The molecule has 1 aliphatic carbocycles. The van der Waals surface area contributed by atoms with Crippen molar-refractivity contribution < 1.29 is 17.9 Å². The van der Waals surface area contributed by atoms with Crippen LogP contribution in [0.1, 0.15) is 45.2 Å². The Morgan fingerprint density at radius 1 is 1.08 bits per heavy atom. The molecule has 0 saturated heterocycles. The van der Waals surface area contributed by atoms with Gasteiger partial charge in [-0.15, -0.1) is 0 Å². The van der Waals surface area contributed by atoms with Crippen LogP contribution in [0.25, 0.3) is 10.9 Å². The third-order valence-corrected chi connectivity index (χ3v) is 9.37. The molecule has 39 heavy (non-hydrogen) atoms. The highest BCUT2D eigenvalue weighted by Gasteiger charge is 2.37. The van der Waals surface area contributed by atoms with Gasteiger partial charge < -0.3 is 10.1 Å². The molecule has 2 atom stereocenters. The molecule has 0 aliphatic heterocycles. The zero-order valence-corrected chi connectivity index (χ0v) is 22.8. The van der Waals surface area contributed by atoms with E-state index in [-0.39, 0.29) is 23.5 Å². The summed E-state index contributed by atoms with van der Waals surface area (Å²) >= 11 is 0. The van der Waals surface area contributed by atoms with Gasteiger partial charge in [0.25, 0.3) is 0 Å². The summed E-state index contributed by atoms with van der Waals surface area (Å²) in [6, 6.07) is 19.8. The molecule has 5 rings (SSSR count). The number of anilines is 2. The number of ether oxygens (including phenoxy) is 1. The molecule has 0 radical (unpaired) electrons. The van der Waals surface area contributed by atoms with Gasteiger partial charge in [0.1, 0.15) is 17.8 Å². The van der Waals surface area contributed by atoms with E-state index >= 15 is 0 Å². The Labute approximate surface area is 227 Å². The van der Waals surface area contributed by atoms with Crippen molar-refractivity contribution in [2.75, 3.05) is 5.32 Å². The Morgan fingerprint density at radius 2 is 1.79 bits per heavy atom. The van der Waals surface area contributed by atoms with E-state index < -0.39 is 26.5 Å². The van der Waals surface area contributed by atoms with Crippen LogP contribution in [-0.2, 0) is 21.2 Å². The van der Waals surface area contributed by atoms with Crippen molar-refractivity contribution in [3.05, 3.63) is 72.4 Å². The van der Waals surface area contributed by atoms with Crippen molar-refractivity contribution >= 4 is 38.0 Å². The summed E-state index contributed by atoms with van der Waals surface area (Å²) in [6.07, 6.45) is 2.03.